The van der Waals surface area contributed by atoms with Crippen molar-refractivity contribution in [1.82, 2.24) is 13.9 Å². The van der Waals surface area contributed by atoms with Gasteiger partial charge in [-0.3, -0.25) is 0 Å². The molecule has 0 aromatic carbocycles. The molecule has 1 atom stereocenters. The van der Waals surface area contributed by atoms with Gasteiger partial charge in [0.05, 0.1) is 6.61 Å². The Kier molecular flexibility index (Phi) is 9.13. The first-order chi connectivity index (χ1) is 8.52. The van der Waals surface area contributed by atoms with Crippen molar-refractivity contribution >= 4 is 22.6 Å². The lowest BCUT2D eigenvalue weighted by molar-refractivity contribution is 0.179. The van der Waals surface area contributed by atoms with E-state index >= 15 is 0 Å². The van der Waals surface area contributed by atoms with Crippen LogP contribution in [0.1, 0.15) is 12.8 Å². The molecular formula is C11H26ClN3O3S. The first kappa shape index (κ1) is 19.1. The molecule has 1 saturated heterocycles. The molecule has 0 aromatic rings. The van der Waals surface area contributed by atoms with Gasteiger partial charge in [0.15, 0.2) is 0 Å². The molecule has 1 N–H and O–H groups in total. The fourth-order valence-electron chi connectivity index (χ4n) is 2.22. The second-order valence-corrected chi connectivity index (χ2v) is 6.78. The van der Waals surface area contributed by atoms with E-state index in [-0.39, 0.29) is 12.4 Å². The molecule has 19 heavy (non-hydrogen) atoms. The van der Waals surface area contributed by atoms with Gasteiger partial charge in [0.25, 0.3) is 10.2 Å². The van der Waals surface area contributed by atoms with Gasteiger partial charge in [-0.1, -0.05) is 0 Å². The molecule has 0 spiro atoms. The molecule has 1 aliphatic heterocycles. The van der Waals surface area contributed by atoms with Gasteiger partial charge in [0.2, 0.25) is 0 Å². The molecule has 0 saturated carbocycles. The van der Waals surface area contributed by atoms with Gasteiger partial charge in [-0.25, -0.2) is 0 Å². The lowest BCUT2D eigenvalue weighted by atomic mass is 10.00. The molecule has 1 rings (SSSR count). The van der Waals surface area contributed by atoms with Crippen LogP contribution in [0.3, 0.4) is 0 Å². The molecule has 8 heteroatoms. The van der Waals surface area contributed by atoms with Crippen molar-refractivity contribution in [3.8, 4) is 0 Å². The minimum absolute atomic E-state index is 0. The average molecular weight is 316 g/mol. The highest BCUT2D eigenvalue weighted by atomic mass is 35.5. The topological polar surface area (TPSA) is 61.9 Å². The maximum absolute atomic E-state index is 12.3. The first-order valence-corrected chi connectivity index (χ1v) is 7.77. The molecule has 0 amide bonds. The first-order valence-electron chi connectivity index (χ1n) is 6.37. The van der Waals surface area contributed by atoms with Gasteiger partial charge >= 0.3 is 0 Å². The Balaban J connectivity index is 0.00000324. The van der Waals surface area contributed by atoms with Crippen LogP contribution in [-0.4, -0.2) is 71.0 Å². The third-order valence-electron chi connectivity index (χ3n) is 3.30. The number of piperidine rings is 1. The van der Waals surface area contributed by atoms with Gasteiger partial charge in [-0.15, -0.1) is 12.4 Å². The van der Waals surface area contributed by atoms with Gasteiger partial charge in [-0.2, -0.15) is 17.0 Å². The third-order valence-corrected chi connectivity index (χ3v) is 5.26. The minimum Gasteiger partial charge on any atom is -0.383 e. The van der Waals surface area contributed by atoms with Crippen LogP contribution in [0.2, 0.25) is 0 Å². The molecule has 1 unspecified atom stereocenters. The summed E-state index contributed by atoms with van der Waals surface area (Å²) in [5.41, 5.74) is 0. The van der Waals surface area contributed by atoms with Crippen LogP contribution in [0.25, 0.3) is 0 Å². The van der Waals surface area contributed by atoms with E-state index in [2.05, 4.69) is 5.32 Å². The summed E-state index contributed by atoms with van der Waals surface area (Å²) >= 11 is 0. The average Bonchev–Trinajstić information content (AvgIpc) is 2.36. The lowest BCUT2D eigenvalue weighted by Gasteiger charge is -2.34. The van der Waals surface area contributed by atoms with Crippen molar-refractivity contribution in [3.05, 3.63) is 0 Å². The van der Waals surface area contributed by atoms with Crippen LogP contribution >= 0.6 is 12.4 Å². The molecule has 116 valence electrons. The summed E-state index contributed by atoms with van der Waals surface area (Å²) in [6, 6.07) is 0. The Morgan fingerprint density at radius 1 is 1.47 bits per heavy atom. The van der Waals surface area contributed by atoms with Crippen molar-refractivity contribution in [2.45, 2.75) is 12.8 Å². The predicted molar refractivity (Wildman–Crippen MR) is 78.9 cm³/mol. The standard InChI is InChI=1S/C11H25N3O3S.ClH/c1-12-9-11-5-4-6-14(10-11)18(15,16)13(2)7-8-17-3;/h11-12H,4-10H2,1-3H3;1H. The van der Waals surface area contributed by atoms with Gasteiger partial charge in [-0.05, 0) is 32.4 Å². The largest absolute Gasteiger partial charge is 0.383 e. The third kappa shape index (κ3) is 5.53. The summed E-state index contributed by atoms with van der Waals surface area (Å²) in [7, 11) is 1.76. The normalized spacial score (nSPS) is 21.4. The van der Waals surface area contributed by atoms with E-state index in [9.17, 15) is 8.42 Å². The smallest absolute Gasteiger partial charge is 0.281 e. The highest BCUT2D eigenvalue weighted by molar-refractivity contribution is 7.86. The van der Waals surface area contributed by atoms with E-state index < -0.39 is 10.2 Å². The van der Waals surface area contributed by atoms with Crippen molar-refractivity contribution < 1.29 is 13.2 Å². The maximum atomic E-state index is 12.3. The Hall–Kier alpha value is 0.0800. The quantitative estimate of drug-likeness (QED) is 0.727. The van der Waals surface area contributed by atoms with Crippen LogP contribution in [0, 0.1) is 5.92 Å². The zero-order valence-corrected chi connectivity index (χ0v) is 13.6. The molecule has 1 fully saturated rings. The molecular weight excluding hydrogens is 290 g/mol. The van der Waals surface area contributed by atoms with Gasteiger partial charge < -0.3 is 10.1 Å². The second kappa shape index (κ2) is 9.10. The summed E-state index contributed by atoms with van der Waals surface area (Å²) in [4.78, 5) is 0. The maximum Gasteiger partial charge on any atom is 0.281 e. The number of likely N-dealkylation sites (N-methyl/N-ethyl adjacent to an activating group) is 1. The van der Waals surface area contributed by atoms with E-state index in [1.54, 1.807) is 18.5 Å². The number of hydrogen-bond donors (Lipinski definition) is 1. The highest BCUT2D eigenvalue weighted by Gasteiger charge is 2.31. The van der Waals surface area contributed by atoms with E-state index in [1.807, 2.05) is 7.05 Å². The number of halogens is 1. The Morgan fingerprint density at radius 2 is 2.16 bits per heavy atom. The number of nitrogens with zero attached hydrogens (tertiary/aromatic N) is 2. The van der Waals surface area contributed by atoms with Gasteiger partial charge in [0, 0.05) is 33.8 Å². The summed E-state index contributed by atoms with van der Waals surface area (Å²) in [6.45, 7) is 2.92. The number of methoxy groups -OCH3 is 1. The lowest BCUT2D eigenvalue weighted by Crippen LogP contribution is -2.48. The Bertz CT molecular complexity index is 338. The molecule has 0 bridgehead atoms. The number of ether oxygens (including phenoxy) is 1. The summed E-state index contributed by atoms with van der Waals surface area (Å²) in [5.74, 6) is 0.411. The second-order valence-electron chi connectivity index (χ2n) is 4.75. The molecule has 0 radical (unpaired) electrons. The predicted octanol–water partition coefficient (Wildman–Crippen LogP) is 0.163. The summed E-state index contributed by atoms with van der Waals surface area (Å²) < 4.78 is 32.5. The van der Waals surface area contributed by atoms with Crippen molar-refractivity contribution in [1.29, 1.82) is 0 Å². The minimum atomic E-state index is -3.33. The molecule has 1 aliphatic rings. The van der Waals surface area contributed by atoms with Gasteiger partial charge in [0.1, 0.15) is 0 Å². The number of nitrogens with one attached hydrogen (secondary N) is 1. The van der Waals surface area contributed by atoms with E-state index in [4.69, 9.17) is 4.74 Å². The van der Waals surface area contributed by atoms with Crippen LogP contribution in [0.15, 0.2) is 0 Å². The number of hydrogen-bond acceptors (Lipinski definition) is 4. The molecule has 0 aromatic heterocycles. The fourth-order valence-corrected chi connectivity index (χ4v) is 3.68. The highest BCUT2D eigenvalue weighted by Crippen LogP contribution is 2.19. The van der Waals surface area contributed by atoms with Crippen molar-refractivity contribution in [3.63, 3.8) is 0 Å². The Labute approximate surface area is 123 Å². The molecule has 1 heterocycles. The van der Waals surface area contributed by atoms with Crippen molar-refractivity contribution in [2.24, 2.45) is 5.92 Å². The Morgan fingerprint density at radius 3 is 2.74 bits per heavy atom. The van der Waals surface area contributed by atoms with Crippen molar-refractivity contribution in [2.75, 3.05) is 54.0 Å². The molecule has 6 nitrogen and oxygen atoms in total. The number of rotatable bonds is 7. The monoisotopic (exact) mass is 315 g/mol. The van der Waals surface area contributed by atoms with E-state index in [0.717, 1.165) is 19.4 Å². The van der Waals surface area contributed by atoms with Crippen LogP contribution in [0.4, 0.5) is 0 Å². The zero-order chi connectivity index (χ0) is 13.6. The zero-order valence-electron chi connectivity index (χ0n) is 12.0. The SMILES string of the molecule is CNCC1CCCN(S(=O)(=O)N(C)CCOC)C1.Cl. The molecule has 0 aliphatic carbocycles. The van der Waals surface area contributed by atoms with Crippen LogP contribution in [0.5, 0.6) is 0 Å². The van der Waals surface area contributed by atoms with Crippen LogP contribution in [-0.2, 0) is 14.9 Å². The van der Waals surface area contributed by atoms with E-state index in [1.165, 1.54) is 4.31 Å². The summed E-state index contributed by atoms with van der Waals surface area (Å²) in [5, 5.41) is 3.12. The summed E-state index contributed by atoms with van der Waals surface area (Å²) in [6.07, 6.45) is 2.03. The van der Waals surface area contributed by atoms with E-state index in [0.29, 0.717) is 32.2 Å². The van der Waals surface area contributed by atoms with Crippen LogP contribution < -0.4 is 5.32 Å². The fraction of sp³-hybridized carbons (Fsp3) is 1.00.